The quantitative estimate of drug-likeness (QED) is 0.613. The number of aryl methyl sites for hydroxylation is 1. The van der Waals surface area contributed by atoms with Gasteiger partial charge in [-0.3, -0.25) is 14.8 Å². The number of nitro benzene ring substituents is 1. The predicted octanol–water partition coefficient (Wildman–Crippen LogP) is 1.32. The molecular weight excluding hydrogens is 276 g/mol. The third-order valence-corrected chi connectivity index (χ3v) is 3.06. The number of aromatic carboxylic acids is 1. The fraction of sp³-hybridized carbons (Fsp3) is 0.231. The number of nitrogens with one attached hydrogen (secondary N) is 1. The Kier molecular flexibility index (Phi) is 4.29. The Morgan fingerprint density at radius 3 is 2.62 bits per heavy atom. The van der Waals surface area contributed by atoms with Crippen molar-refractivity contribution < 1.29 is 14.8 Å². The number of rotatable bonds is 6. The molecule has 110 valence electrons. The predicted molar refractivity (Wildman–Crippen MR) is 73.8 cm³/mol. The first kappa shape index (κ1) is 14.7. The normalized spacial score (nSPS) is 10.5. The van der Waals surface area contributed by atoms with E-state index in [1.165, 1.54) is 23.0 Å². The topological polar surface area (TPSA) is 110 Å². The van der Waals surface area contributed by atoms with Crippen molar-refractivity contribution in [3.63, 3.8) is 0 Å². The summed E-state index contributed by atoms with van der Waals surface area (Å²) in [7, 11) is 1.68. The first-order valence-corrected chi connectivity index (χ1v) is 6.17. The van der Waals surface area contributed by atoms with Gasteiger partial charge in [0.15, 0.2) is 0 Å². The van der Waals surface area contributed by atoms with Crippen LogP contribution in [0.5, 0.6) is 0 Å². The highest BCUT2D eigenvalue weighted by atomic mass is 16.6. The Bertz CT molecular complexity index is 663. The zero-order valence-corrected chi connectivity index (χ0v) is 11.3. The van der Waals surface area contributed by atoms with E-state index in [9.17, 15) is 14.9 Å². The van der Waals surface area contributed by atoms with Crippen LogP contribution in [0.1, 0.15) is 21.6 Å². The van der Waals surface area contributed by atoms with E-state index in [1.807, 2.05) is 0 Å². The van der Waals surface area contributed by atoms with Crippen LogP contribution in [0.4, 0.5) is 5.69 Å². The van der Waals surface area contributed by atoms with Gasteiger partial charge in [-0.15, -0.1) is 0 Å². The van der Waals surface area contributed by atoms with Crippen molar-refractivity contribution in [1.29, 1.82) is 0 Å². The zero-order chi connectivity index (χ0) is 15.4. The highest BCUT2D eigenvalue weighted by Crippen LogP contribution is 2.12. The second-order valence-electron chi connectivity index (χ2n) is 4.46. The van der Waals surface area contributed by atoms with Gasteiger partial charge in [0.05, 0.1) is 16.8 Å². The minimum absolute atomic E-state index is 0.0403. The molecule has 1 aromatic carbocycles. The maximum absolute atomic E-state index is 11.0. The Morgan fingerprint density at radius 2 is 2.05 bits per heavy atom. The molecule has 0 bridgehead atoms. The molecule has 0 saturated carbocycles. The Labute approximate surface area is 120 Å². The van der Waals surface area contributed by atoms with Gasteiger partial charge in [0.2, 0.25) is 0 Å². The molecule has 0 unspecified atom stereocenters. The number of carbonyl (C=O) groups is 1. The summed E-state index contributed by atoms with van der Waals surface area (Å²) >= 11 is 0. The number of non-ortho nitro benzene ring substituents is 1. The summed E-state index contributed by atoms with van der Waals surface area (Å²) in [6.07, 6.45) is 1.31. The lowest BCUT2D eigenvalue weighted by Gasteiger charge is -2.06. The van der Waals surface area contributed by atoms with E-state index in [4.69, 9.17) is 5.11 Å². The van der Waals surface area contributed by atoms with E-state index in [1.54, 1.807) is 19.2 Å². The van der Waals surface area contributed by atoms with Gasteiger partial charge in [-0.25, -0.2) is 4.79 Å². The monoisotopic (exact) mass is 290 g/mol. The first-order chi connectivity index (χ1) is 9.99. The molecule has 21 heavy (non-hydrogen) atoms. The summed E-state index contributed by atoms with van der Waals surface area (Å²) in [6, 6.07) is 6.19. The molecule has 0 aliphatic carbocycles. The zero-order valence-electron chi connectivity index (χ0n) is 11.3. The van der Waals surface area contributed by atoms with E-state index in [2.05, 4.69) is 10.4 Å². The van der Waals surface area contributed by atoms with Crippen LogP contribution in [0, 0.1) is 10.1 Å². The Morgan fingerprint density at radius 1 is 1.38 bits per heavy atom. The highest BCUT2D eigenvalue weighted by Gasteiger charge is 2.14. The summed E-state index contributed by atoms with van der Waals surface area (Å²) in [6.45, 7) is 0.817. The average molecular weight is 290 g/mol. The molecule has 1 heterocycles. The number of benzene rings is 1. The highest BCUT2D eigenvalue weighted by molar-refractivity contribution is 5.88. The molecule has 2 N–H and O–H groups in total. The molecule has 0 aliphatic rings. The standard InChI is InChI=1S/C13H14N4O4/c1-16-12(11(7-15-16)13(18)19)8-14-6-9-2-4-10(5-3-9)17(20)21/h2-5,7,14H,6,8H2,1H3,(H,18,19). The molecule has 0 spiro atoms. The second-order valence-corrected chi connectivity index (χ2v) is 4.46. The number of nitrogens with zero attached hydrogens (tertiary/aromatic N) is 3. The van der Waals surface area contributed by atoms with Crippen LogP contribution in [0.3, 0.4) is 0 Å². The fourth-order valence-electron chi connectivity index (χ4n) is 1.91. The molecule has 0 saturated heterocycles. The number of hydrogen-bond donors (Lipinski definition) is 2. The van der Waals surface area contributed by atoms with Crippen molar-refractivity contribution in [2.24, 2.45) is 7.05 Å². The van der Waals surface area contributed by atoms with Crippen LogP contribution in [0.2, 0.25) is 0 Å². The number of aromatic nitrogens is 2. The SMILES string of the molecule is Cn1ncc(C(=O)O)c1CNCc1ccc([N+](=O)[O-])cc1. The third kappa shape index (κ3) is 3.42. The lowest BCUT2D eigenvalue weighted by atomic mass is 10.2. The first-order valence-electron chi connectivity index (χ1n) is 6.17. The van der Waals surface area contributed by atoms with Gasteiger partial charge in [-0.2, -0.15) is 5.10 Å². The molecular formula is C13H14N4O4. The molecule has 0 radical (unpaired) electrons. The molecule has 2 aromatic rings. The van der Waals surface area contributed by atoms with Crippen LogP contribution in [0.15, 0.2) is 30.5 Å². The smallest absolute Gasteiger partial charge is 0.339 e. The van der Waals surface area contributed by atoms with Gasteiger partial charge >= 0.3 is 5.97 Å². The minimum Gasteiger partial charge on any atom is -0.478 e. The van der Waals surface area contributed by atoms with Crippen molar-refractivity contribution in [1.82, 2.24) is 15.1 Å². The molecule has 8 nitrogen and oxygen atoms in total. The van der Waals surface area contributed by atoms with Crippen LogP contribution in [-0.4, -0.2) is 25.8 Å². The summed E-state index contributed by atoms with van der Waals surface area (Å²) in [5.41, 5.74) is 1.65. The molecule has 0 amide bonds. The van der Waals surface area contributed by atoms with Crippen molar-refractivity contribution in [3.8, 4) is 0 Å². The van der Waals surface area contributed by atoms with E-state index in [0.29, 0.717) is 18.8 Å². The van der Waals surface area contributed by atoms with Gasteiger partial charge in [0.1, 0.15) is 5.56 Å². The molecule has 0 atom stereocenters. The van der Waals surface area contributed by atoms with Gasteiger partial charge in [-0.05, 0) is 5.56 Å². The molecule has 0 aliphatic heterocycles. The molecule has 2 rings (SSSR count). The van der Waals surface area contributed by atoms with Crippen LogP contribution < -0.4 is 5.32 Å². The van der Waals surface area contributed by atoms with Crippen LogP contribution >= 0.6 is 0 Å². The maximum Gasteiger partial charge on any atom is 0.339 e. The van der Waals surface area contributed by atoms with Crippen molar-refractivity contribution in [2.45, 2.75) is 13.1 Å². The third-order valence-electron chi connectivity index (χ3n) is 3.06. The van der Waals surface area contributed by atoms with Crippen molar-refractivity contribution >= 4 is 11.7 Å². The Hall–Kier alpha value is -2.74. The van der Waals surface area contributed by atoms with E-state index in [0.717, 1.165) is 5.56 Å². The van der Waals surface area contributed by atoms with Gasteiger partial charge < -0.3 is 10.4 Å². The molecule has 1 aromatic heterocycles. The average Bonchev–Trinajstić information content (AvgIpc) is 2.81. The van der Waals surface area contributed by atoms with Gasteiger partial charge in [0.25, 0.3) is 5.69 Å². The van der Waals surface area contributed by atoms with Crippen LogP contribution in [-0.2, 0) is 20.1 Å². The summed E-state index contributed by atoms with van der Waals surface area (Å²) < 4.78 is 1.51. The molecule has 0 fully saturated rings. The lowest BCUT2D eigenvalue weighted by Crippen LogP contribution is -2.17. The lowest BCUT2D eigenvalue weighted by molar-refractivity contribution is -0.384. The fourth-order valence-corrected chi connectivity index (χ4v) is 1.91. The number of hydrogen-bond acceptors (Lipinski definition) is 5. The van der Waals surface area contributed by atoms with Crippen LogP contribution in [0.25, 0.3) is 0 Å². The van der Waals surface area contributed by atoms with Gasteiger partial charge in [-0.1, -0.05) is 12.1 Å². The molecule has 8 heteroatoms. The number of carboxylic acids is 1. The summed E-state index contributed by atoms with van der Waals surface area (Å²) in [4.78, 5) is 21.1. The number of carboxylic acid groups (broad SMARTS) is 1. The maximum atomic E-state index is 11.0. The van der Waals surface area contributed by atoms with E-state index >= 15 is 0 Å². The van der Waals surface area contributed by atoms with E-state index in [-0.39, 0.29) is 11.3 Å². The largest absolute Gasteiger partial charge is 0.478 e. The van der Waals surface area contributed by atoms with Crippen molar-refractivity contribution in [3.05, 3.63) is 57.4 Å². The Balaban J connectivity index is 1.97. The van der Waals surface area contributed by atoms with Gasteiger partial charge in [0, 0.05) is 32.3 Å². The minimum atomic E-state index is -1.02. The summed E-state index contributed by atoms with van der Waals surface area (Å²) in [5, 5.41) is 26.6. The summed E-state index contributed by atoms with van der Waals surface area (Å²) in [5.74, 6) is -1.02. The van der Waals surface area contributed by atoms with E-state index < -0.39 is 10.9 Å². The second kappa shape index (κ2) is 6.14. The van der Waals surface area contributed by atoms with Crippen molar-refractivity contribution in [2.75, 3.05) is 0 Å². The number of nitro groups is 1.